The summed E-state index contributed by atoms with van der Waals surface area (Å²) in [4.78, 5) is 23.2. The average Bonchev–Trinajstić information content (AvgIpc) is 2.34. The molecule has 19 heavy (non-hydrogen) atoms. The van der Waals surface area contributed by atoms with Gasteiger partial charge in [-0.1, -0.05) is 20.8 Å². The van der Waals surface area contributed by atoms with Gasteiger partial charge in [-0.25, -0.2) is 4.79 Å². The zero-order valence-corrected chi connectivity index (χ0v) is 11.6. The molecular weight excluding hydrogens is 246 g/mol. The molecule has 104 valence electrons. The first kappa shape index (κ1) is 15.0. The fourth-order valence-corrected chi connectivity index (χ4v) is 1.61. The molecule has 2 N–H and O–H groups in total. The Morgan fingerprint density at radius 1 is 1.21 bits per heavy atom. The smallest absolute Gasteiger partial charge is 0.326 e. The predicted molar refractivity (Wildman–Crippen MR) is 71.3 cm³/mol. The lowest BCUT2D eigenvalue weighted by molar-refractivity contribution is -0.142. The standard InChI is InChI=1S/C14H19NO4/c1-14(2,3)11(13(17)18)15-12(16)9-5-7-10(19-4)8-6-9/h5-8,11H,1-4H3,(H,15,16)(H,17,18)/t11-/m0/s1. The zero-order chi connectivity index (χ0) is 14.6. The van der Waals surface area contributed by atoms with Crippen LogP contribution in [0, 0.1) is 5.41 Å². The van der Waals surface area contributed by atoms with E-state index in [0.717, 1.165) is 0 Å². The Labute approximate surface area is 112 Å². The molecule has 0 aliphatic rings. The van der Waals surface area contributed by atoms with Crippen molar-refractivity contribution in [2.75, 3.05) is 7.11 Å². The minimum absolute atomic E-state index is 0.399. The highest BCUT2D eigenvalue weighted by atomic mass is 16.5. The van der Waals surface area contributed by atoms with Crippen LogP contribution in [0.25, 0.3) is 0 Å². The Hall–Kier alpha value is -2.04. The number of ether oxygens (including phenoxy) is 1. The second-order valence-electron chi connectivity index (χ2n) is 5.34. The molecule has 0 radical (unpaired) electrons. The molecular formula is C14H19NO4. The van der Waals surface area contributed by atoms with Gasteiger partial charge in [-0.05, 0) is 29.7 Å². The molecule has 5 nitrogen and oxygen atoms in total. The Balaban J connectivity index is 2.85. The maximum atomic E-state index is 12.0. The monoisotopic (exact) mass is 265 g/mol. The van der Waals surface area contributed by atoms with Gasteiger partial charge in [0.05, 0.1) is 7.11 Å². The van der Waals surface area contributed by atoms with Crippen LogP contribution in [0.3, 0.4) is 0 Å². The molecule has 0 heterocycles. The van der Waals surface area contributed by atoms with E-state index in [1.165, 1.54) is 7.11 Å². The zero-order valence-electron chi connectivity index (χ0n) is 11.6. The van der Waals surface area contributed by atoms with Crippen molar-refractivity contribution in [3.63, 3.8) is 0 Å². The van der Waals surface area contributed by atoms with Crippen LogP contribution in [0.2, 0.25) is 0 Å². The first-order valence-corrected chi connectivity index (χ1v) is 5.93. The van der Waals surface area contributed by atoms with E-state index in [4.69, 9.17) is 9.84 Å². The maximum absolute atomic E-state index is 12.0. The summed E-state index contributed by atoms with van der Waals surface area (Å²) in [5, 5.41) is 11.7. The molecule has 0 spiro atoms. The summed E-state index contributed by atoms with van der Waals surface area (Å²) in [6.45, 7) is 5.29. The number of carboxylic acid groups (broad SMARTS) is 1. The molecule has 0 saturated heterocycles. The highest BCUT2D eigenvalue weighted by Crippen LogP contribution is 2.20. The lowest BCUT2D eigenvalue weighted by Gasteiger charge is -2.27. The van der Waals surface area contributed by atoms with E-state index >= 15 is 0 Å². The van der Waals surface area contributed by atoms with Gasteiger partial charge in [0.25, 0.3) is 5.91 Å². The van der Waals surface area contributed by atoms with Gasteiger partial charge in [-0.2, -0.15) is 0 Å². The Morgan fingerprint density at radius 2 is 1.74 bits per heavy atom. The number of nitrogens with one attached hydrogen (secondary N) is 1. The van der Waals surface area contributed by atoms with Gasteiger partial charge in [0.1, 0.15) is 11.8 Å². The van der Waals surface area contributed by atoms with Gasteiger partial charge in [0, 0.05) is 5.56 Å². The molecule has 0 bridgehead atoms. The number of methoxy groups -OCH3 is 1. The Morgan fingerprint density at radius 3 is 2.11 bits per heavy atom. The molecule has 0 aromatic heterocycles. The second-order valence-corrected chi connectivity index (χ2v) is 5.34. The van der Waals surface area contributed by atoms with E-state index < -0.39 is 23.3 Å². The van der Waals surface area contributed by atoms with Gasteiger partial charge in [-0.3, -0.25) is 4.79 Å². The third kappa shape index (κ3) is 3.98. The van der Waals surface area contributed by atoms with Crippen molar-refractivity contribution in [2.24, 2.45) is 5.41 Å². The number of hydrogen-bond donors (Lipinski definition) is 2. The third-order valence-corrected chi connectivity index (χ3v) is 2.74. The van der Waals surface area contributed by atoms with E-state index in [1.54, 1.807) is 45.0 Å². The van der Waals surface area contributed by atoms with Crippen LogP contribution >= 0.6 is 0 Å². The Kier molecular flexibility index (Phi) is 4.53. The molecule has 1 aromatic carbocycles. The van der Waals surface area contributed by atoms with Gasteiger partial charge in [0.2, 0.25) is 0 Å². The molecule has 0 saturated carbocycles. The molecule has 0 aliphatic heterocycles. The molecule has 1 amide bonds. The molecule has 0 fully saturated rings. The van der Waals surface area contributed by atoms with E-state index in [0.29, 0.717) is 11.3 Å². The fourth-order valence-electron chi connectivity index (χ4n) is 1.61. The summed E-state index contributed by atoms with van der Waals surface area (Å²) in [6, 6.07) is 5.55. The first-order valence-electron chi connectivity index (χ1n) is 5.93. The van der Waals surface area contributed by atoms with Gasteiger partial charge >= 0.3 is 5.97 Å². The van der Waals surface area contributed by atoms with Crippen LogP contribution in [-0.4, -0.2) is 30.1 Å². The largest absolute Gasteiger partial charge is 0.497 e. The lowest BCUT2D eigenvalue weighted by atomic mass is 9.86. The van der Waals surface area contributed by atoms with E-state index in [1.807, 2.05) is 0 Å². The summed E-state index contributed by atoms with van der Waals surface area (Å²) < 4.78 is 5.00. The van der Waals surface area contributed by atoms with Crippen molar-refractivity contribution in [3.8, 4) is 5.75 Å². The number of carboxylic acids is 1. The third-order valence-electron chi connectivity index (χ3n) is 2.74. The van der Waals surface area contributed by atoms with Gasteiger partial charge in [-0.15, -0.1) is 0 Å². The van der Waals surface area contributed by atoms with E-state index in [2.05, 4.69) is 5.32 Å². The topological polar surface area (TPSA) is 75.6 Å². The fraction of sp³-hybridized carbons (Fsp3) is 0.429. The maximum Gasteiger partial charge on any atom is 0.326 e. The lowest BCUT2D eigenvalue weighted by Crippen LogP contribution is -2.49. The van der Waals surface area contributed by atoms with Crippen LogP contribution in [0.4, 0.5) is 0 Å². The number of carbonyl (C=O) groups excluding carboxylic acids is 1. The SMILES string of the molecule is COc1ccc(C(=O)N[C@@H](C(=O)O)C(C)(C)C)cc1. The van der Waals surface area contributed by atoms with Crippen LogP contribution in [-0.2, 0) is 4.79 Å². The van der Waals surface area contributed by atoms with Gasteiger partial charge < -0.3 is 15.2 Å². The highest BCUT2D eigenvalue weighted by molar-refractivity contribution is 5.96. The highest BCUT2D eigenvalue weighted by Gasteiger charge is 2.32. The molecule has 0 aliphatic carbocycles. The minimum atomic E-state index is -1.05. The molecule has 0 unspecified atom stereocenters. The van der Waals surface area contributed by atoms with Crippen molar-refractivity contribution in [2.45, 2.75) is 26.8 Å². The van der Waals surface area contributed by atoms with Gasteiger partial charge in [0.15, 0.2) is 0 Å². The van der Waals surface area contributed by atoms with E-state index in [9.17, 15) is 9.59 Å². The van der Waals surface area contributed by atoms with Crippen molar-refractivity contribution in [3.05, 3.63) is 29.8 Å². The predicted octanol–water partition coefficient (Wildman–Crippen LogP) is 1.92. The van der Waals surface area contributed by atoms with Crippen LogP contribution < -0.4 is 10.1 Å². The summed E-state index contributed by atoms with van der Waals surface area (Å²) in [5.41, 5.74) is -0.162. The Bertz CT molecular complexity index is 459. The van der Waals surface area contributed by atoms with Crippen LogP contribution in [0.5, 0.6) is 5.75 Å². The van der Waals surface area contributed by atoms with Crippen LogP contribution in [0.1, 0.15) is 31.1 Å². The summed E-state index contributed by atoms with van der Waals surface area (Å²) in [5.74, 6) is -0.818. The number of rotatable bonds is 4. The number of hydrogen-bond acceptors (Lipinski definition) is 3. The quantitative estimate of drug-likeness (QED) is 0.872. The average molecular weight is 265 g/mol. The first-order chi connectivity index (χ1) is 8.75. The molecule has 5 heteroatoms. The molecule has 1 rings (SSSR count). The van der Waals surface area contributed by atoms with E-state index in [-0.39, 0.29) is 0 Å². The van der Waals surface area contributed by atoms with Crippen molar-refractivity contribution >= 4 is 11.9 Å². The second kappa shape index (κ2) is 5.73. The number of amides is 1. The summed E-state index contributed by atoms with van der Waals surface area (Å²) >= 11 is 0. The normalized spacial score (nSPS) is 12.6. The number of aliphatic carboxylic acids is 1. The van der Waals surface area contributed by atoms with Crippen molar-refractivity contribution < 1.29 is 19.4 Å². The van der Waals surface area contributed by atoms with Crippen LogP contribution in [0.15, 0.2) is 24.3 Å². The summed E-state index contributed by atoms with van der Waals surface area (Å²) in [7, 11) is 1.54. The number of benzene rings is 1. The summed E-state index contributed by atoms with van der Waals surface area (Å²) in [6.07, 6.45) is 0. The minimum Gasteiger partial charge on any atom is -0.497 e. The number of carbonyl (C=O) groups is 2. The van der Waals surface area contributed by atoms with Crippen molar-refractivity contribution in [1.82, 2.24) is 5.32 Å². The van der Waals surface area contributed by atoms with Crippen molar-refractivity contribution in [1.29, 1.82) is 0 Å². The molecule has 1 aromatic rings. The molecule has 1 atom stereocenters.